The van der Waals surface area contributed by atoms with Gasteiger partial charge in [-0.15, -0.1) is 0 Å². The molecule has 2 rings (SSSR count). The highest BCUT2D eigenvalue weighted by molar-refractivity contribution is 7.71. The zero-order valence-electron chi connectivity index (χ0n) is 6.88. The van der Waals surface area contributed by atoms with E-state index in [-0.39, 0.29) is 17.9 Å². The molecule has 0 saturated heterocycles. The lowest BCUT2D eigenvalue weighted by molar-refractivity contribution is -0.115. The molecule has 1 aliphatic heterocycles. The standard InChI is InChI=1S/C7H7N3O2S/c1-10-6(12)3-2-4(11)8-5(3)9-7(10)13/h2H2,1H3,(H,8,11)(H,9,13). The van der Waals surface area contributed by atoms with E-state index >= 15 is 0 Å². The molecule has 0 saturated carbocycles. The number of hydrogen-bond acceptors (Lipinski definition) is 3. The first-order chi connectivity index (χ1) is 6.09. The number of hydrogen-bond donors (Lipinski definition) is 2. The van der Waals surface area contributed by atoms with Crippen molar-refractivity contribution in [3.63, 3.8) is 0 Å². The molecule has 1 aromatic rings. The molecule has 0 radical (unpaired) electrons. The smallest absolute Gasteiger partial charge is 0.259 e. The Balaban J connectivity index is 2.81. The Morgan fingerprint density at radius 3 is 2.85 bits per heavy atom. The van der Waals surface area contributed by atoms with Crippen LogP contribution in [0, 0.1) is 4.77 Å². The van der Waals surface area contributed by atoms with Crippen LogP contribution in [-0.2, 0) is 18.3 Å². The molecule has 68 valence electrons. The fraction of sp³-hybridized carbons (Fsp3) is 0.286. The van der Waals surface area contributed by atoms with Crippen molar-refractivity contribution in [3.8, 4) is 0 Å². The first-order valence-corrected chi connectivity index (χ1v) is 4.12. The highest BCUT2D eigenvalue weighted by atomic mass is 32.1. The summed E-state index contributed by atoms with van der Waals surface area (Å²) in [5, 5.41) is 2.53. The van der Waals surface area contributed by atoms with Crippen LogP contribution in [0.3, 0.4) is 0 Å². The fourth-order valence-corrected chi connectivity index (χ4v) is 1.47. The van der Waals surface area contributed by atoms with E-state index in [0.717, 1.165) is 0 Å². The summed E-state index contributed by atoms with van der Waals surface area (Å²) in [6.45, 7) is 0. The number of anilines is 1. The highest BCUT2D eigenvalue weighted by Crippen LogP contribution is 2.14. The van der Waals surface area contributed by atoms with Crippen LogP contribution in [0.5, 0.6) is 0 Å². The minimum Gasteiger partial charge on any atom is -0.318 e. The molecule has 2 heterocycles. The lowest BCUT2D eigenvalue weighted by Crippen LogP contribution is -2.21. The van der Waals surface area contributed by atoms with E-state index in [1.54, 1.807) is 7.05 Å². The van der Waals surface area contributed by atoms with Crippen LogP contribution in [0.1, 0.15) is 5.56 Å². The van der Waals surface area contributed by atoms with Gasteiger partial charge in [-0.25, -0.2) is 0 Å². The Morgan fingerprint density at radius 2 is 2.15 bits per heavy atom. The molecule has 2 N–H and O–H groups in total. The minimum absolute atomic E-state index is 0.133. The molecule has 1 amide bonds. The quantitative estimate of drug-likeness (QED) is 0.572. The molecule has 0 fully saturated rings. The van der Waals surface area contributed by atoms with Crippen molar-refractivity contribution in [3.05, 3.63) is 20.7 Å². The van der Waals surface area contributed by atoms with Gasteiger partial charge in [-0.3, -0.25) is 14.2 Å². The number of carbonyl (C=O) groups excluding carboxylic acids is 1. The van der Waals surface area contributed by atoms with Gasteiger partial charge in [0.2, 0.25) is 5.91 Å². The van der Waals surface area contributed by atoms with Crippen LogP contribution in [0.4, 0.5) is 5.82 Å². The second-order valence-electron chi connectivity index (χ2n) is 2.87. The van der Waals surface area contributed by atoms with Crippen LogP contribution in [0.25, 0.3) is 0 Å². The maximum absolute atomic E-state index is 11.5. The average Bonchev–Trinajstić information content (AvgIpc) is 2.42. The summed E-state index contributed by atoms with van der Waals surface area (Å²) < 4.78 is 1.63. The molecule has 0 aliphatic carbocycles. The Kier molecular flexibility index (Phi) is 1.59. The number of amides is 1. The van der Waals surface area contributed by atoms with Crippen LogP contribution < -0.4 is 10.9 Å². The normalized spacial score (nSPS) is 14.1. The van der Waals surface area contributed by atoms with E-state index in [1.165, 1.54) is 4.57 Å². The topological polar surface area (TPSA) is 66.9 Å². The van der Waals surface area contributed by atoms with Crippen molar-refractivity contribution in [2.45, 2.75) is 6.42 Å². The number of aromatic nitrogens is 2. The predicted octanol–water partition coefficient (Wildman–Crippen LogP) is -0.0625. The zero-order chi connectivity index (χ0) is 9.59. The van der Waals surface area contributed by atoms with E-state index in [0.29, 0.717) is 16.2 Å². The first-order valence-electron chi connectivity index (χ1n) is 3.71. The largest absolute Gasteiger partial charge is 0.318 e. The number of nitrogens with one attached hydrogen (secondary N) is 2. The summed E-state index contributed by atoms with van der Waals surface area (Å²) in [5.41, 5.74) is 0.248. The van der Waals surface area contributed by atoms with Crippen LogP contribution in [0.15, 0.2) is 4.79 Å². The SMILES string of the molecule is Cn1c(=S)[nH]c2c(c1=O)CC(=O)N2. The number of carbonyl (C=O) groups is 1. The number of aromatic amines is 1. The van der Waals surface area contributed by atoms with Crippen LogP contribution in [-0.4, -0.2) is 15.5 Å². The highest BCUT2D eigenvalue weighted by Gasteiger charge is 2.22. The molecule has 0 unspecified atom stereocenters. The van der Waals surface area contributed by atoms with Gasteiger partial charge in [0.15, 0.2) is 4.77 Å². The minimum atomic E-state index is -0.211. The van der Waals surface area contributed by atoms with Crippen molar-refractivity contribution < 1.29 is 4.79 Å². The molecule has 1 aliphatic rings. The monoisotopic (exact) mass is 197 g/mol. The number of H-pyrrole nitrogens is 1. The summed E-state index contributed by atoms with van der Waals surface area (Å²) in [6.07, 6.45) is 0.133. The van der Waals surface area contributed by atoms with E-state index in [2.05, 4.69) is 10.3 Å². The second-order valence-corrected chi connectivity index (χ2v) is 3.26. The molecule has 0 spiro atoms. The summed E-state index contributed by atoms with van der Waals surface area (Å²) >= 11 is 4.88. The molecular weight excluding hydrogens is 190 g/mol. The van der Waals surface area contributed by atoms with Gasteiger partial charge < -0.3 is 10.3 Å². The Morgan fingerprint density at radius 1 is 1.46 bits per heavy atom. The number of nitrogens with zero attached hydrogens (tertiary/aromatic N) is 1. The van der Waals surface area contributed by atoms with Gasteiger partial charge in [0, 0.05) is 7.05 Å². The fourth-order valence-electron chi connectivity index (χ4n) is 1.28. The lowest BCUT2D eigenvalue weighted by atomic mass is 10.2. The first kappa shape index (κ1) is 8.18. The summed E-state index contributed by atoms with van der Waals surface area (Å²) in [4.78, 5) is 25.2. The van der Waals surface area contributed by atoms with Crippen molar-refractivity contribution in [2.24, 2.45) is 7.05 Å². The van der Waals surface area contributed by atoms with Gasteiger partial charge >= 0.3 is 0 Å². The van der Waals surface area contributed by atoms with Gasteiger partial charge in [-0.1, -0.05) is 0 Å². The summed E-state index contributed by atoms with van der Waals surface area (Å²) in [6, 6.07) is 0. The van der Waals surface area contributed by atoms with E-state index in [1.807, 2.05) is 0 Å². The van der Waals surface area contributed by atoms with Crippen LogP contribution >= 0.6 is 12.2 Å². The molecule has 6 heteroatoms. The van der Waals surface area contributed by atoms with Gasteiger partial charge in [0.25, 0.3) is 5.56 Å². The van der Waals surface area contributed by atoms with Crippen LogP contribution in [0.2, 0.25) is 0 Å². The summed E-state index contributed by atoms with van der Waals surface area (Å²) in [5.74, 6) is 0.266. The third-order valence-corrected chi connectivity index (χ3v) is 2.38. The number of fused-ring (bicyclic) bond motifs is 1. The van der Waals surface area contributed by atoms with Crippen molar-refractivity contribution in [1.82, 2.24) is 9.55 Å². The maximum Gasteiger partial charge on any atom is 0.259 e. The van der Waals surface area contributed by atoms with E-state index in [4.69, 9.17) is 12.2 Å². The second kappa shape index (κ2) is 2.53. The molecule has 0 bridgehead atoms. The zero-order valence-corrected chi connectivity index (χ0v) is 7.70. The van der Waals surface area contributed by atoms with Gasteiger partial charge in [-0.05, 0) is 12.2 Å². The predicted molar refractivity (Wildman–Crippen MR) is 49.2 cm³/mol. The molecule has 0 aromatic carbocycles. The molecule has 0 atom stereocenters. The van der Waals surface area contributed by atoms with Gasteiger partial charge in [0.1, 0.15) is 5.82 Å². The van der Waals surface area contributed by atoms with E-state index < -0.39 is 0 Å². The Hall–Kier alpha value is -1.43. The molecular formula is C7H7N3O2S. The third kappa shape index (κ3) is 1.10. The van der Waals surface area contributed by atoms with Gasteiger partial charge in [-0.2, -0.15) is 0 Å². The molecule has 5 nitrogen and oxygen atoms in total. The Labute approximate surface area is 78.4 Å². The Bertz CT molecular complexity index is 499. The number of rotatable bonds is 0. The van der Waals surface area contributed by atoms with Crippen molar-refractivity contribution in [2.75, 3.05) is 5.32 Å². The molecule has 1 aromatic heterocycles. The average molecular weight is 197 g/mol. The van der Waals surface area contributed by atoms with Crippen molar-refractivity contribution in [1.29, 1.82) is 0 Å². The summed E-state index contributed by atoms with van der Waals surface area (Å²) in [7, 11) is 1.57. The van der Waals surface area contributed by atoms with E-state index in [9.17, 15) is 9.59 Å². The van der Waals surface area contributed by atoms with Gasteiger partial charge in [0.05, 0.1) is 12.0 Å². The third-order valence-electron chi connectivity index (χ3n) is 2.00. The van der Waals surface area contributed by atoms with Crippen molar-refractivity contribution >= 4 is 23.9 Å². The molecule has 13 heavy (non-hydrogen) atoms. The maximum atomic E-state index is 11.5. The lowest BCUT2D eigenvalue weighted by Gasteiger charge is -2.01.